The van der Waals surface area contributed by atoms with Crippen LogP contribution in [0.25, 0.3) is 16.7 Å². The Kier molecular flexibility index (Phi) is 5.99. The van der Waals surface area contributed by atoms with Crippen LogP contribution in [0.2, 0.25) is 5.15 Å². The van der Waals surface area contributed by atoms with Gasteiger partial charge in [0, 0.05) is 18.3 Å². The number of nitrogens with one attached hydrogen (secondary N) is 1. The molecule has 1 unspecified atom stereocenters. The van der Waals surface area contributed by atoms with Crippen LogP contribution >= 0.6 is 11.6 Å². The number of halogens is 7. The smallest absolute Gasteiger partial charge is 0.340 e. The number of nitrogens with zero attached hydrogens (tertiary/aromatic N) is 2. The van der Waals surface area contributed by atoms with Crippen LogP contribution in [-0.4, -0.2) is 27.7 Å². The summed E-state index contributed by atoms with van der Waals surface area (Å²) < 4.78 is 81.8. The lowest BCUT2D eigenvalue weighted by molar-refractivity contribution is -0.153. The molecule has 0 spiro atoms. The van der Waals surface area contributed by atoms with Gasteiger partial charge >= 0.3 is 6.18 Å². The second-order valence-electron chi connectivity index (χ2n) is 6.44. The van der Waals surface area contributed by atoms with Gasteiger partial charge in [-0.25, -0.2) is 18.2 Å². The summed E-state index contributed by atoms with van der Waals surface area (Å²) in [5, 5.41) is 1.16. The summed E-state index contributed by atoms with van der Waals surface area (Å²) in [6, 6.07) is 0.693. The molecule has 1 amide bonds. The summed E-state index contributed by atoms with van der Waals surface area (Å²) in [4.78, 5) is 29.0. The van der Waals surface area contributed by atoms with Gasteiger partial charge in [0.05, 0.1) is 5.39 Å². The standard InChI is InChI=1S/C19H12ClF6N3O2/c1-2-13(19(24,25)26)27-18(31)10-7-29(15-11(22)5-8(21)6-12(15)23)17-9(16(10)30)3-4-14(20)28-17/h3-7,13H,2H2,1H3,(H,27,31). The molecule has 0 aliphatic carbocycles. The molecule has 0 radical (unpaired) electrons. The van der Waals surface area contributed by atoms with Gasteiger partial charge in [-0.2, -0.15) is 13.2 Å². The van der Waals surface area contributed by atoms with Crippen molar-refractivity contribution < 1.29 is 31.1 Å². The first-order valence-corrected chi connectivity index (χ1v) is 9.06. The second-order valence-corrected chi connectivity index (χ2v) is 6.83. The first kappa shape index (κ1) is 22.6. The molecule has 164 valence electrons. The third kappa shape index (κ3) is 4.36. The molecular formula is C19H12ClF6N3O2. The summed E-state index contributed by atoms with van der Waals surface area (Å²) >= 11 is 5.80. The Hall–Kier alpha value is -3.08. The highest BCUT2D eigenvalue weighted by Crippen LogP contribution is 2.25. The van der Waals surface area contributed by atoms with Gasteiger partial charge in [0.15, 0.2) is 11.6 Å². The van der Waals surface area contributed by atoms with Crippen molar-refractivity contribution in [2.45, 2.75) is 25.6 Å². The first-order chi connectivity index (χ1) is 14.4. The molecule has 0 saturated carbocycles. The molecule has 31 heavy (non-hydrogen) atoms. The molecule has 1 N–H and O–H groups in total. The van der Waals surface area contributed by atoms with E-state index < -0.39 is 58.7 Å². The van der Waals surface area contributed by atoms with Crippen LogP contribution in [0.4, 0.5) is 26.3 Å². The molecular weight excluding hydrogens is 452 g/mol. The van der Waals surface area contributed by atoms with Crippen molar-refractivity contribution in [3.63, 3.8) is 0 Å². The minimum atomic E-state index is -4.79. The maximum atomic E-state index is 14.4. The van der Waals surface area contributed by atoms with Gasteiger partial charge in [0.25, 0.3) is 5.91 Å². The van der Waals surface area contributed by atoms with E-state index in [1.165, 1.54) is 6.92 Å². The highest BCUT2D eigenvalue weighted by Gasteiger charge is 2.39. The Morgan fingerprint density at radius 1 is 1.19 bits per heavy atom. The Morgan fingerprint density at radius 2 is 1.81 bits per heavy atom. The van der Waals surface area contributed by atoms with E-state index in [9.17, 15) is 35.9 Å². The zero-order chi connectivity index (χ0) is 23.1. The maximum absolute atomic E-state index is 14.4. The second kappa shape index (κ2) is 8.22. The van der Waals surface area contributed by atoms with Crippen molar-refractivity contribution in [2.24, 2.45) is 0 Å². The normalized spacial score (nSPS) is 12.8. The number of alkyl halides is 3. The van der Waals surface area contributed by atoms with Gasteiger partial charge in [0.2, 0.25) is 5.43 Å². The molecule has 0 bridgehead atoms. The van der Waals surface area contributed by atoms with Crippen LogP contribution < -0.4 is 10.7 Å². The average molecular weight is 464 g/mol. The van der Waals surface area contributed by atoms with Gasteiger partial charge in [0.1, 0.15) is 33.9 Å². The van der Waals surface area contributed by atoms with E-state index in [4.69, 9.17) is 11.6 Å². The highest BCUT2D eigenvalue weighted by molar-refractivity contribution is 6.29. The predicted octanol–water partition coefficient (Wildman–Crippen LogP) is 4.53. The van der Waals surface area contributed by atoms with E-state index in [0.29, 0.717) is 22.9 Å². The van der Waals surface area contributed by atoms with Crippen LogP contribution in [0.3, 0.4) is 0 Å². The quantitative estimate of drug-likeness (QED) is 0.457. The molecule has 0 saturated heterocycles. The number of benzene rings is 1. The molecule has 2 aromatic heterocycles. The summed E-state index contributed by atoms with van der Waals surface area (Å²) in [6.45, 7) is 1.17. The van der Waals surface area contributed by atoms with Crippen molar-refractivity contribution in [2.75, 3.05) is 0 Å². The van der Waals surface area contributed by atoms with Crippen molar-refractivity contribution in [3.05, 3.63) is 68.9 Å². The van der Waals surface area contributed by atoms with Crippen LogP contribution in [0, 0.1) is 17.5 Å². The van der Waals surface area contributed by atoms with Gasteiger partial charge in [-0.1, -0.05) is 18.5 Å². The molecule has 2 heterocycles. The number of rotatable bonds is 4. The van der Waals surface area contributed by atoms with Crippen molar-refractivity contribution in [1.82, 2.24) is 14.9 Å². The molecule has 12 heteroatoms. The lowest BCUT2D eigenvalue weighted by Crippen LogP contribution is -2.46. The third-order valence-electron chi connectivity index (χ3n) is 4.39. The Bertz CT molecular complexity index is 1220. The fraction of sp³-hybridized carbons (Fsp3) is 0.211. The van der Waals surface area contributed by atoms with Gasteiger partial charge in [-0.15, -0.1) is 0 Å². The van der Waals surface area contributed by atoms with Crippen LogP contribution in [-0.2, 0) is 0 Å². The van der Waals surface area contributed by atoms with Crippen LogP contribution in [0.5, 0.6) is 0 Å². The molecule has 0 aliphatic heterocycles. The molecule has 3 rings (SSSR count). The molecule has 5 nitrogen and oxygen atoms in total. The lowest BCUT2D eigenvalue weighted by Gasteiger charge is -2.20. The fourth-order valence-electron chi connectivity index (χ4n) is 2.93. The first-order valence-electron chi connectivity index (χ1n) is 8.68. The van der Waals surface area contributed by atoms with Gasteiger partial charge < -0.3 is 5.32 Å². The molecule has 3 aromatic rings. The summed E-state index contributed by atoms with van der Waals surface area (Å²) in [6.07, 6.45) is -4.67. The zero-order valence-electron chi connectivity index (χ0n) is 15.5. The lowest BCUT2D eigenvalue weighted by atomic mass is 10.1. The number of fused-ring (bicyclic) bond motifs is 1. The molecule has 1 aromatic carbocycles. The van der Waals surface area contributed by atoms with E-state index in [0.717, 1.165) is 12.1 Å². The number of pyridine rings is 2. The Morgan fingerprint density at radius 3 is 2.35 bits per heavy atom. The number of carbonyl (C=O) groups is 1. The number of hydrogen-bond acceptors (Lipinski definition) is 3. The Balaban J connectivity index is 2.29. The van der Waals surface area contributed by atoms with E-state index >= 15 is 0 Å². The van der Waals surface area contributed by atoms with Crippen molar-refractivity contribution >= 4 is 28.5 Å². The largest absolute Gasteiger partial charge is 0.408 e. The topological polar surface area (TPSA) is 64.0 Å². The summed E-state index contributed by atoms with van der Waals surface area (Å²) in [5.74, 6) is -5.46. The molecule has 0 fully saturated rings. The summed E-state index contributed by atoms with van der Waals surface area (Å²) in [7, 11) is 0. The SMILES string of the molecule is CCC(NC(=O)c1cn(-c2c(F)cc(F)cc2F)c2nc(Cl)ccc2c1=O)C(F)(F)F. The predicted molar refractivity (Wildman–Crippen MR) is 99.8 cm³/mol. The monoisotopic (exact) mass is 463 g/mol. The Labute approximate surface area is 175 Å². The third-order valence-corrected chi connectivity index (χ3v) is 4.60. The van der Waals surface area contributed by atoms with Gasteiger partial charge in [-0.05, 0) is 18.6 Å². The van der Waals surface area contributed by atoms with E-state index in [1.807, 2.05) is 0 Å². The number of carbonyl (C=O) groups excluding carboxylic acids is 1. The maximum Gasteiger partial charge on any atom is 0.408 e. The van der Waals surface area contributed by atoms with E-state index in [1.54, 1.807) is 5.32 Å². The number of amides is 1. The van der Waals surface area contributed by atoms with E-state index in [-0.39, 0.29) is 16.2 Å². The van der Waals surface area contributed by atoms with Gasteiger partial charge in [-0.3, -0.25) is 14.2 Å². The van der Waals surface area contributed by atoms with E-state index in [2.05, 4.69) is 4.98 Å². The average Bonchev–Trinajstić information content (AvgIpc) is 2.65. The van der Waals surface area contributed by atoms with Crippen LogP contribution in [0.15, 0.2) is 35.3 Å². The zero-order valence-corrected chi connectivity index (χ0v) is 16.3. The minimum Gasteiger partial charge on any atom is -0.340 e. The van der Waals surface area contributed by atoms with Crippen molar-refractivity contribution in [1.29, 1.82) is 0 Å². The summed E-state index contributed by atoms with van der Waals surface area (Å²) in [5.41, 5.74) is -3.16. The minimum absolute atomic E-state index is 0.177. The molecule has 1 atom stereocenters. The number of aromatic nitrogens is 2. The van der Waals surface area contributed by atoms with Crippen LogP contribution in [0.1, 0.15) is 23.7 Å². The number of hydrogen-bond donors (Lipinski definition) is 1. The molecule has 0 aliphatic rings. The fourth-order valence-corrected chi connectivity index (χ4v) is 3.07. The highest BCUT2D eigenvalue weighted by atomic mass is 35.5. The van der Waals surface area contributed by atoms with Crippen molar-refractivity contribution in [3.8, 4) is 5.69 Å².